The summed E-state index contributed by atoms with van der Waals surface area (Å²) in [4.78, 5) is 30.9. The Balaban J connectivity index is 2.25. The SMILES string of the molecule is COc1ccc(C)cc1N1CC(C(=O)N(C)OC)CC1=O. The Morgan fingerprint density at radius 1 is 1.38 bits per heavy atom. The van der Waals surface area contributed by atoms with Gasteiger partial charge in [0.2, 0.25) is 5.91 Å². The molecule has 6 heteroatoms. The van der Waals surface area contributed by atoms with Crippen LogP contribution < -0.4 is 9.64 Å². The van der Waals surface area contributed by atoms with Crippen LogP contribution in [-0.4, -0.2) is 44.7 Å². The van der Waals surface area contributed by atoms with E-state index in [-0.39, 0.29) is 18.2 Å². The third-order valence-corrected chi connectivity index (χ3v) is 3.68. The maximum absolute atomic E-state index is 12.2. The molecule has 1 heterocycles. The zero-order chi connectivity index (χ0) is 15.6. The molecule has 0 aromatic heterocycles. The van der Waals surface area contributed by atoms with Gasteiger partial charge in [0.05, 0.1) is 25.8 Å². The number of ether oxygens (including phenoxy) is 1. The first kappa shape index (κ1) is 15.3. The van der Waals surface area contributed by atoms with Gasteiger partial charge in [-0.2, -0.15) is 0 Å². The van der Waals surface area contributed by atoms with Crippen molar-refractivity contribution in [3.63, 3.8) is 0 Å². The number of anilines is 1. The summed E-state index contributed by atoms with van der Waals surface area (Å²) in [6.07, 6.45) is 0.184. The molecule has 6 nitrogen and oxygen atoms in total. The molecule has 1 saturated heterocycles. The summed E-state index contributed by atoms with van der Waals surface area (Å²) < 4.78 is 5.31. The minimum atomic E-state index is -0.396. The average Bonchev–Trinajstić information content (AvgIpc) is 2.87. The molecular weight excluding hydrogens is 272 g/mol. The molecule has 0 spiro atoms. The summed E-state index contributed by atoms with van der Waals surface area (Å²) in [6.45, 7) is 2.29. The molecular formula is C15H20N2O4. The van der Waals surface area contributed by atoms with Crippen LogP contribution in [0, 0.1) is 12.8 Å². The van der Waals surface area contributed by atoms with Crippen molar-refractivity contribution in [3.05, 3.63) is 23.8 Å². The smallest absolute Gasteiger partial charge is 0.251 e. The minimum Gasteiger partial charge on any atom is -0.495 e. The largest absolute Gasteiger partial charge is 0.495 e. The van der Waals surface area contributed by atoms with Crippen molar-refractivity contribution in [3.8, 4) is 5.75 Å². The second-order valence-corrected chi connectivity index (χ2v) is 5.10. The number of rotatable bonds is 4. The molecule has 114 valence electrons. The second kappa shape index (κ2) is 6.13. The van der Waals surface area contributed by atoms with Gasteiger partial charge in [-0.25, -0.2) is 5.06 Å². The lowest BCUT2D eigenvalue weighted by Gasteiger charge is -2.21. The molecule has 0 radical (unpaired) electrons. The standard InChI is InChI=1S/C15H20N2O4/c1-10-5-6-13(20-3)12(7-10)17-9-11(8-14(17)18)15(19)16(2)21-4/h5-7,11H,8-9H2,1-4H3. The van der Waals surface area contributed by atoms with Crippen molar-refractivity contribution in [1.29, 1.82) is 0 Å². The van der Waals surface area contributed by atoms with Crippen LogP contribution in [0.1, 0.15) is 12.0 Å². The van der Waals surface area contributed by atoms with E-state index in [1.165, 1.54) is 7.11 Å². The van der Waals surface area contributed by atoms with E-state index in [9.17, 15) is 9.59 Å². The van der Waals surface area contributed by atoms with Crippen molar-refractivity contribution in [2.75, 3.05) is 32.7 Å². The van der Waals surface area contributed by atoms with Crippen molar-refractivity contribution in [1.82, 2.24) is 5.06 Å². The molecule has 1 aromatic carbocycles. The monoisotopic (exact) mass is 292 g/mol. The van der Waals surface area contributed by atoms with Crippen LogP contribution in [0.4, 0.5) is 5.69 Å². The molecule has 1 aromatic rings. The van der Waals surface area contributed by atoms with Gasteiger partial charge in [-0.3, -0.25) is 14.4 Å². The maximum Gasteiger partial charge on any atom is 0.251 e. The fourth-order valence-electron chi connectivity index (χ4n) is 2.46. The highest BCUT2D eigenvalue weighted by atomic mass is 16.7. The Kier molecular flexibility index (Phi) is 4.47. The molecule has 1 atom stereocenters. The molecule has 1 aliphatic heterocycles. The van der Waals surface area contributed by atoms with E-state index in [0.717, 1.165) is 10.6 Å². The average molecular weight is 292 g/mol. The molecule has 0 aliphatic carbocycles. The number of methoxy groups -OCH3 is 1. The summed E-state index contributed by atoms with van der Waals surface area (Å²) in [5.41, 5.74) is 1.74. The third-order valence-electron chi connectivity index (χ3n) is 3.68. The normalized spacial score (nSPS) is 18.0. The fourth-order valence-corrected chi connectivity index (χ4v) is 2.46. The first-order valence-corrected chi connectivity index (χ1v) is 6.74. The van der Waals surface area contributed by atoms with Crippen molar-refractivity contribution in [2.45, 2.75) is 13.3 Å². The van der Waals surface area contributed by atoms with Crippen LogP contribution in [0.15, 0.2) is 18.2 Å². The lowest BCUT2D eigenvalue weighted by molar-refractivity contribution is -0.172. The number of hydroxylamine groups is 2. The molecule has 1 unspecified atom stereocenters. The van der Waals surface area contributed by atoms with Gasteiger partial charge in [-0.15, -0.1) is 0 Å². The van der Waals surface area contributed by atoms with E-state index in [1.54, 1.807) is 19.1 Å². The highest BCUT2D eigenvalue weighted by Gasteiger charge is 2.37. The quantitative estimate of drug-likeness (QED) is 0.787. The molecule has 2 rings (SSSR count). The number of carbonyl (C=O) groups excluding carboxylic acids is 2. The number of hydrogen-bond donors (Lipinski definition) is 0. The topological polar surface area (TPSA) is 59.1 Å². The van der Waals surface area contributed by atoms with Gasteiger partial charge in [0.25, 0.3) is 5.91 Å². The van der Waals surface area contributed by atoms with Crippen molar-refractivity contribution in [2.24, 2.45) is 5.92 Å². The van der Waals surface area contributed by atoms with Crippen LogP contribution in [0.5, 0.6) is 5.75 Å². The van der Waals surface area contributed by atoms with Gasteiger partial charge < -0.3 is 9.64 Å². The van der Waals surface area contributed by atoms with E-state index >= 15 is 0 Å². The van der Waals surface area contributed by atoms with E-state index in [1.807, 2.05) is 25.1 Å². The summed E-state index contributed by atoms with van der Waals surface area (Å²) in [7, 11) is 4.54. The molecule has 0 N–H and O–H groups in total. The van der Waals surface area contributed by atoms with E-state index in [0.29, 0.717) is 18.0 Å². The Bertz CT molecular complexity index is 559. The third kappa shape index (κ3) is 3.00. The van der Waals surface area contributed by atoms with Gasteiger partial charge in [-0.1, -0.05) is 6.07 Å². The number of aryl methyl sites for hydroxylation is 1. The highest BCUT2D eigenvalue weighted by Crippen LogP contribution is 2.34. The lowest BCUT2D eigenvalue weighted by Crippen LogP contribution is -2.34. The molecule has 0 bridgehead atoms. The zero-order valence-electron chi connectivity index (χ0n) is 12.8. The zero-order valence-corrected chi connectivity index (χ0v) is 12.8. The van der Waals surface area contributed by atoms with E-state index in [4.69, 9.17) is 9.57 Å². The molecule has 1 aliphatic rings. The Labute approximate surface area is 124 Å². The molecule has 0 saturated carbocycles. The van der Waals surface area contributed by atoms with Crippen LogP contribution in [0.3, 0.4) is 0 Å². The number of benzene rings is 1. The fraction of sp³-hybridized carbons (Fsp3) is 0.467. The van der Waals surface area contributed by atoms with E-state index in [2.05, 4.69) is 0 Å². The van der Waals surface area contributed by atoms with Gasteiger partial charge in [0, 0.05) is 20.0 Å². The summed E-state index contributed by atoms with van der Waals surface area (Å²) >= 11 is 0. The summed E-state index contributed by atoms with van der Waals surface area (Å²) in [6, 6.07) is 5.64. The number of carbonyl (C=O) groups is 2. The predicted molar refractivity (Wildman–Crippen MR) is 78.0 cm³/mol. The lowest BCUT2D eigenvalue weighted by atomic mass is 10.1. The van der Waals surface area contributed by atoms with E-state index < -0.39 is 5.92 Å². The van der Waals surface area contributed by atoms with Gasteiger partial charge >= 0.3 is 0 Å². The predicted octanol–water partition coefficient (Wildman–Crippen LogP) is 1.38. The van der Waals surface area contributed by atoms with Crippen LogP contribution in [0.2, 0.25) is 0 Å². The summed E-state index contributed by atoms with van der Waals surface area (Å²) in [5, 5.41) is 1.16. The van der Waals surface area contributed by atoms with Gasteiger partial charge in [0.15, 0.2) is 0 Å². The minimum absolute atomic E-state index is 0.0817. The number of hydrogen-bond acceptors (Lipinski definition) is 4. The van der Waals surface area contributed by atoms with Crippen LogP contribution in [-0.2, 0) is 14.4 Å². The Hall–Kier alpha value is -2.08. The molecule has 21 heavy (non-hydrogen) atoms. The molecule has 1 fully saturated rings. The Morgan fingerprint density at radius 2 is 2.10 bits per heavy atom. The van der Waals surface area contributed by atoms with Gasteiger partial charge in [0.1, 0.15) is 5.75 Å². The Morgan fingerprint density at radius 3 is 2.71 bits per heavy atom. The van der Waals surface area contributed by atoms with Crippen molar-refractivity contribution < 1.29 is 19.2 Å². The molecule has 2 amide bonds. The first-order chi connectivity index (χ1) is 9.97. The highest BCUT2D eigenvalue weighted by molar-refractivity contribution is 6.01. The summed E-state index contributed by atoms with van der Waals surface area (Å²) in [5.74, 6) is -0.0449. The van der Waals surface area contributed by atoms with Crippen LogP contribution in [0.25, 0.3) is 0 Å². The first-order valence-electron chi connectivity index (χ1n) is 6.74. The number of nitrogens with zero attached hydrogens (tertiary/aromatic N) is 2. The maximum atomic E-state index is 12.2. The second-order valence-electron chi connectivity index (χ2n) is 5.10. The number of amides is 2. The van der Waals surface area contributed by atoms with Gasteiger partial charge in [-0.05, 0) is 24.6 Å². The van der Waals surface area contributed by atoms with Crippen molar-refractivity contribution >= 4 is 17.5 Å². The van der Waals surface area contributed by atoms with Crippen LogP contribution >= 0.6 is 0 Å².